The van der Waals surface area contributed by atoms with Crippen LogP contribution in [0, 0.1) is 0 Å². The molecule has 3 rings (SSSR count). The number of carbonyl (C=O) groups is 2. The van der Waals surface area contributed by atoms with Crippen LogP contribution in [0.5, 0.6) is 0 Å². The molecule has 148 valence electrons. The first-order valence-corrected chi connectivity index (χ1v) is 10.4. The van der Waals surface area contributed by atoms with Crippen molar-refractivity contribution < 1.29 is 22.7 Å². The number of rotatable bonds is 9. The Hall–Kier alpha value is -2.71. The molecule has 0 unspecified atom stereocenters. The number of nitrogens with zero attached hydrogens (tertiary/aromatic N) is 1. The van der Waals surface area contributed by atoms with Gasteiger partial charge in [-0.2, -0.15) is 4.31 Å². The van der Waals surface area contributed by atoms with Gasteiger partial charge in [0.05, 0.1) is 4.90 Å². The number of sulfonamides is 1. The number of nitrogens with one attached hydrogen (secondary N) is 1. The Morgan fingerprint density at radius 1 is 1.00 bits per heavy atom. The molecule has 0 radical (unpaired) electrons. The van der Waals surface area contributed by atoms with Crippen LogP contribution in [0.25, 0.3) is 0 Å². The van der Waals surface area contributed by atoms with E-state index in [0.717, 1.165) is 22.7 Å². The maximum atomic E-state index is 13.0. The fourth-order valence-corrected chi connectivity index (χ4v) is 3.98. The Balaban J connectivity index is 1.70. The monoisotopic (exact) mass is 402 g/mol. The molecule has 7 nitrogen and oxygen atoms in total. The number of hydrogen-bond donors (Lipinski definition) is 1. The van der Waals surface area contributed by atoms with E-state index in [-0.39, 0.29) is 23.4 Å². The molecule has 8 heteroatoms. The predicted octanol–water partition coefficient (Wildman–Crippen LogP) is 1.70. The topological polar surface area (TPSA) is 92.8 Å². The zero-order valence-corrected chi connectivity index (χ0v) is 16.1. The van der Waals surface area contributed by atoms with E-state index in [4.69, 9.17) is 4.74 Å². The van der Waals surface area contributed by atoms with Gasteiger partial charge in [-0.3, -0.25) is 9.59 Å². The summed E-state index contributed by atoms with van der Waals surface area (Å²) in [7, 11) is -3.91. The quantitative estimate of drug-likeness (QED) is 0.645. The van der Waals surface area contributed by atoms with E-state index >= 15 is 0 Å². The average molecular weight is 402 g/mol. The number of amides is 1. The zero-order valence-electron chi connectivity index (χ0n) is 15.3. The Morgan fingerprint density at radius 2 is 1.61 bits per heavy atom. The molecule has 1 aliphatic carbocycles. The third kappa shape index (κ3) is 5.64. The number of ether oxygens (including phenoxy) is 1. The molecular weight excluding hydrogens is 380 g/mol. The Bertz CT molecular complexity index is 912. The lowest BCUT2D eigenvalue weighted by atomic mass is 10.2. The molecule has 1 aliphatic rings. The van der Waals surface area contributed by atoms with Gasteiger partial charge < -0.3 is 10.1 Å². The summed E-state index contributed by atoms with van der Waals surface area (Å²) in [6.45, 7) is -0.885. The van der Waals surface area contributed by atoms with E-state index in [2.05, 4.69) is 5.32 Å². The van der Waals surface area contributed by atoms with E-state index in [1.54, 1.807) is 42.5 Å². The van der Waals surface area contributed by atoms with Crippen molar-refractivity contribution in [1.82, 2.24) is 9.62 Å². The highest BCUT2D eigenvalue weighted by atomic mass is 32.2. The van der Waals surface area contributed by atoms with Gasteiger partial charge in [-0.05, 0) is 30.5 Å². The maximum absolute atomic E-state index is 13.0. The second kappa shape index (κ2) is 8.99. The molecule has 0 atom stereocenters. The summed E-state index contributed by atoms with van der Waals surface area (Å²) in [5.74, 6) is -1.15. The van der Waals surface area contributed by atoms with Gasteiger partial charge in [0.2, 0.25) is 10.0 Å². The van der Waals surface area contributed by atoms with Crippen molar-refractivity contribution in [2.45, 2.75) is 30.3 Å². The summed E-state index contributed by atoms with van der Waals surface area (Å²) in [4.78, 5) is 24.0. The van der Waals surface area contributed by atoms with Crippen molar-refractivity contribution in [3.8, 4) is 0 Å². The van der Waals surface area contributed by atoms with Gasteiger partial charge in [0, 0.05) is 12.6 Å². The van der Waals surface area contributed by atoms with Gasteiger partial charge in [-0.25, -0.2) is 8.42 Å². The van der Waals surface area contributed by atoms with Crippen LogP contribution >= 0.6 is 0 Å². The molecule has 0 heterocycles. The van der Waals surface area contributed by atoms with E-state index in [9.17, 15) is 18.0 Å². The van der Waals surface area contributed by atoms with Crippen LogP contribution in [0.2, 0.25) is 0 Å². The van der Waals surface area contributed by atoms with Crippen molar-refractivity contribution in [2.24, 2.45) is 0 Å². The first kappa shape index (κ1) is 20.0. The van der Waals surface area contributed by atoms with Crippen molar-refractivity contribution in [3.63, 3.8) is 0 Å². The summed E-state index contributed by atoms with van der Waals surface area (Å²) in [6, 6.07) is 17.0. The fraction of sp³-hybridized carbons (Fsp3) is 0.300. The van der Waals surface area contributed by atoms with Crippen molar-refractivity contribution >= 4 is 21.9 Å². The molecule has 0 bridgehead atoms. The second-order valence-corrected chi connectivity index (χ2v) is 8.51. The summed E-state index contributed by atoms with van der Waals surface area (Å²) in [5.41, 5.74) is 0.737. The number of benzene rings is 2. The number of hydrogen-bond acceptors (Lipinski definition) is 5. The minimum Gasteiger partial charge on any atom is -0.455 e. The lowest BCUT2D eigenvalue weighted by molar-refractivity contribution is -0.148. The van der Waals surface area contributed by atoms with Crippen LogP contribution in [-0.2, 0) is 30.9 Å². The molecular formula is C20H22N2O5S. The van der Waals surface area contributed by atoms with E-state index in [0.29, 0.717) is 0 Å². The maximum Gasteiger partial charge on any atom is 0.321 e. The predicted molar refractivity (Wildman–Crippen MR) is 103 cm³/mol. The zero-order chi connectivity index (χ0) is 20.0. The van der Waals surface area contributed by atoms with Crippen molar-refractivity contribution in [3.05, 3.63) is 66.2 Å². The highest BCUT2D eigenvalue weighted by Gasteiger charge is 2.28. The largest absolute Gasteiger partial charge is 0.455 e. The summed E-state index contributed by atoms with van der Waals surface area (Å²) in [5, 5.41) is 2.71. The van der Waals surface area contributed by atoms with Crippen LogP contribution in [-0.4, -0.2) is 43.8 Å². The van der Waals surface area contributed by atoms with E-state index in [1.807, 2.05) is 6.07 Å². The first-order valence-electron chi connectivity index (χ1n) is 8.99. The SMILES string of the molecule is O=C(COC(=O)CN(Cc1ccccc1)S(=O)(=O)c1ccccc1)NC1CC1. The second-order valence-electron chi connectivity index (χ2n) is 6.57. The lowest BCUT2D eigenvalue weighted by Gasteiger charge is -2.21. The molecule has 1 amide bonds. The third-order valence-electron chi connectivity index (χ3n) is 4.19. The lowest BCUT2D eigenvalue weighted by Crippen LogP contribution is -2.37. The summed E-state index contributed by atoms with van der Waals surface area (Å²) < 4.78 is 32.0. The van der Waals surface area contributed by atoms with Gasteiger partial charge in [-0.15, -0.1) is 0 Å². The van der Waals surface area contributed by atoms with Crippen LogP contribution in [0.4, 0.5) is 0 Å². The minimum absolute atomic E-state index is 0.0153. The smallest absolute Gasteiger partial charge is 0.321 e. The Labute approximate surface area is 164 Å². The van der Waals surface area contributed by atoms with Crippen LogP contribution in [0.15, 0.2) is 65.6 Å². The normalized spacial score (nSPS) is 13.9. The summed E-state index contributed by atoms with van der Waals surface area (Å²) >= 11 is 0. The minimum atomic E-state index is -3.91. The van der Waals surface area contributed by atoms with E-state index < -0.39 is 29.1 Å². The Kier molecular flexibility index (Phi) is 6.43. The molecule has 0 spiro atoms. The van der Waals surface area contributed by atoms with Gasteiger partial charge in [0.15, 0.2) is 6.61 Å². The molecule has 0 saturated heterocycles. The third-order valence-corrected chi connectivity index (χ3v) is 6.00. The van der Waals surface area contributed by atoms with Gasteiger partial charge in [0.1, 0.15) is 6.54 Å². The standard InChI is InChI=1S/C20H22N2O5S/c23-19(21-17-11-12-17)15-27-20(24)14-22(13-16-7-3-1-4-8-16)28(25,26)18-9-5-2-6-10-18/h1-10,17H,11-15H2,(H,21,23). The molecule has 2 aromatic rings. The molecule has 1 saturated carbocycles. The number of esters is 1. The van der Waals surface area contributed by atoms with Crippen molar-refractivity contribution in [2.75, 3.05) is 13.2 Å². The molecule has 2 aromatic carbocycles. The van der Waals surface area contributed by atoms with Crippen LogP contribution in [0.1, 0.15) is 18.4 Å². The molecule has 1 fully saturated rings. The van der Waals surface area contributed by atoms with Crippen molar-refractivity contribution in [1.29, 1.82) is 0 Å². The van der Waals surface area contributed by atoms with E-state index in [1.165, 1.54) is 12.1 Å². The highest BCUT2D eigenvalue weighted by molar-refractivity contribution is 7.89. The summed E-state index contributed by atoms with van der Waals surface area (Å²) in [6.07, 6.45) is 1.86. The fourth-order valence-electron chi connectivity index (χ4n) is 2.59. The first-order chi connectivity index (χ1) is 13.4. The molecule has 0 aliphatic heterocycles. The molecule has 28 heavy (non-hydrogen) atoms. The van der Waals surface area contributed by atoms with Gasteiger partial charge >= 0.3 is 5.97 Å². The van der Waals surface area contributed by atoms with Gasteiger partial charge in [-0.1, -0.05) is 48.5 Å². The molecule has 1 N–H and O–H groups in total. The molecule has 0 aromatic heterocycles. The number of carbonyl (C=O) groups excluding carboxylic acids is 2. The highest BCUT2D eigenvalue weighted by Crippen LogP contribution is 2.19. The Morgan fingerprint density at radius 3 is 2.21 bits per heavy atom. The van der Waals surface area contributed by atoms with Gasteiger partial charge in [0.25, 0.3) is 5.91 Å². The average Bonchev–Trinajstić information content (AvgIpc) is 3.51. The van der Waals surface area contributed by atoms with Crippen LogP contribution in [0.3, 0.4) is 0 Å². The van der Waals surface area contributed by atoms with Crippen LogP contribution < -0.4 is 5.32 Å².